The zero-order chi connectivity index (χ0) is 10.4. The lowest BCUT2D eigenvalue weighted by atomic mass is 10.4. The first kappa shape index (κ1) is 11.7. The van der Waals surface area contributed by atoms with Crippen LogP contribution in [0.1, 0.15) is 25.0 Å². The fraction of sp³-hybridized carbons (Fsp3) is 0.778. The molecule has 0 aliphatic carbocycles. The Bertz CT molecular complexity index is 275. The Labute approximate surface area is 92.8 Å². The highest BCUT2D eigenvalue weighted by atomic mass is 79.9. The standard InChI is InChI=1S/C9H16BrN3O/c1-3-5-14-6-4-8-11-12-9(7-10)13(8)2/h3-7H2,1-2H3. The van der Waals surface area contributed by atoms with Crippen LogP contribution in [-0.2, 0) is 23.5 Å². The number of ether oxygens (including phenoxy) is 1. The lowest BCUT2D eigenvalue weighted by molar-refractivity contribution is 0.136. The Morgan fingerprint density at radius 2 is 2.00 bits per heavy atom. The second kappa shape index (κ2) is 6.14. The van der Waals surface area contributed by atoms with Crippen molar-refractivity contribution in [3.63, 3.8) is 0 Å². The van der Waals surface area contributed by atoms with Crippen molar-refractivity contribution in [2.75, 3.05) is 13.2 Å². The molecule has 4 nitrogen and oxygen atoms in total. The predicted octanol–water partition coefficient (Wildman–Crippen LogP) is 1.68. The second-order valence-corrected chi connectivity index (χ2v) is 3.65. The number of alkyl halides is 1. The number of halogens is 1. The summed E-state index contributed by atoms with van der Waals surface area (Å²) in [7, 11) is 1.98. The summed E-state index contributed by atoms with van der Waals surface area (Å²) >= 11 is 3.36. The Balaban J connectivity index is 2.39. The summed E-state index contributed by atoms with van der Waals surface area (Å²) in [5, 5.41) is 8.87. The fourth-order valence-corrected chi connectivity index (χ4v) is 1.63. The number of hydrogen-bond donors (Lipinski definition) is 0. The van der Waals surface area contributed by atoms with E-state index in [-0.39, 0.29) is 0 Å². The van der Waals surface area contributed by atoms with Crippen molar-refractivity contribution in [2.24, 2.45) is 7.05 Å². The predicted molar refractivity (Wildman–Crippen MR) is 58.4 cm³/mol. The monoisotopic (exact) mass is 261 g/mol. The highest BCUT2D eigenvalue weighted by Gasteiger charge is 2.06. The number of aromatic nitrogens is 3. The van der Waals surface area contributed by atoms with E-state index >= 15 is 0 Å². The van der Waals surface area contributed by atoms with Gasteiger partial charge in [0.2, 0.25) is 0 Å². The zero-order valence-electron chi connectivity index (χ0n) is 8.66. The van der Waals surface area contributed by atoms with E-state index in [1.807, 2.05) is 11.6 Å². The molecule has 0 atom stereocenters. The van der Waals surface area contributed by atoms with Crippen molar-refractivity contribution in [3.8, 4) is 0 Å². The van der Waals surface area contributed by atoms with Crippen molar-refractivity contribution in [2.45, 2.75) is 25.1 Å². The van der Waals surface area contributed by atoms with Crippen LogP contribution in [0.15, 0.2) is 0 Å². The van der Waals surface area contributed by atoms with Crippen molar-refractivity contribution < 1.29 is 4.74 Å². The van der Waals surface area contributed by atoms with Crippen molar-refractivity contribution in [1.29, 1.82) is 0 Å². The largest absolute Gasteiger partial charge is 0.381 e. The topological polar surface area (TPSA) is 39.9 Å². The van der Waals surface area contributed by atoms with Crippen LogP contribution >= 0.6 is 15.9 Å². The average Bonchev–Trinajstić information content (AvgIpc) is 2.55. The highest BCUT2D eigenvalue weighted by Crippen LogP contribution is 2.04. The SMILES string of the molecule is CCCOCCc1nnc(CBr)n1C. The molecule has 0 N–H and O–H groups in total. The number of rotatable bonds is 6. The average molecular weight is 262 g/mol. The number of hydrogen-bond acceptors (Lipinski definition) is 3. The molecule has 0 radical (unpaired) electrons. The molecule has 14 heavy (non-hydrogen) atoms. The smallest absolute Gasteiger partial charge is 0.143 e. The molecule has 0 aromatic carbocycles. The Morgan fingerprint density at radius 3 is 2.57 bits per heavy atom. The van der Waals surface area contributed by atoms with E-state index in [2.05, 4.69) is 33.1 Å². The van der Waals surface area contributed by atoms with Gasteiger partial charge in [0.1, 0.15) is 11.6 Å². The molecule has 0 fully saturated rings. The van der Waals surface area contributed by atoms with Crippen LogP contribution in [0.25, 0.3) is 0 Å². The molecule has 0 amide bonds. The third-order valence-electron chi connectivity index (χ3n) is 1.99. The third kappa shape index (κ3) is 3.06. The normalized spacial score (nSPS) is 10.8. The first-order valence-electron chi connectivity index (χ1n) is 4.80. The Morgan fingerprint density at radius 1 is 1.29 bits per heavy atom. The van der Waals surface area contributed by atoms with E-state index < -0.39 is 0 Å². The molecule has 0 saturated carbocycles. The molecule has 0 aliphatic rings. The van der Waals surface area contributed by atoms with E-state index in [0.29, 0.717) is 0 Å². The first-order chi connectivity index (χ1) is 6.79. The molecule has 0 spiro atoms. The maximum Gasteiger partial charge on any atom is 0.143 e. The number of nitrogens with zero attached hydrogens (tertiary/aromatic N) is 3. The van der Waals surface area contributed by atoms with Gasteiger partial charge >= 0.3 is 0 Å². The van der Waals surface area contributed by atoms with Gasteiger partial charge in [-0.1, -0.05) is 22.9 Å². The lowest BCUT2D eigenvalue weighted by Gasteiger charge is -2.02. The molecule has 0 aliphatic heterocycles. The van der Waals surface area contributed by atoms with Crippen molar-refractivity contribution in [1.82, 2.24) is 14.8 Å². The first-order valence-corrected chi connectivity index (χ1v) is 5.92. The van der Waals surface area contributed by atoms with E-state index in [1.54, 1.807) is 0 Å². The van der Waals surface area contributed by atoms with Crippen LogP contribution in [0.4, 0.5) is 0 Å². The summed E-state index contributed by atoms with van der Waals surface area (Å²) in [6, 6.07) is 0. The maximum absolute atomic E-state index is 5.39. The van der Waals surface area contributed by atoms with E-state index in [0.717, 1.165) is 43.0 Å². The summed E-state index contributed by atoms with van der Waals surface area (Å²) in [6.45, 7) is 3.65. The molecule has 1 aromatic heterocycles. The summed E-state index contributed by atoms with van der Waals surface area (Å²) in [6.07, 6.45) is 1.89. The minimum atomic E-state index is 0.724. The van der Waals surface area contributed by atoms with Gasteiger partial charge in [0.05, 0.1) is 11.9 Å². The summed E-state index contributed by atoms with van der Waals surface area (Å²) in [5.41, 5.74) is 0. The fourth-order valence-electron chi connectivity index (χ4n) is 1.14. The van der Waals surface area contributed by atoms with Gasteiger partial charge < -0.3 is 9.30 Å². The summed E-state index contributed by atoms with van der Waals surface area (Å²) in [4.78, 5) is 0. The van der Waals surface area contributed by atoms with Crippen LogP contribution in [-0.4, -0.2) is 28.0 Å². The van der Waals surface area contributed by atoms with E-state index in [1.165, 1.54) is 0 Å². The molecule has 5 heteroatoms. The van der Waals surface area contributed by atoms with Crippen molar-refractivity contribution >= 4 is 15.9 Å². The molecule has 0 unspecified atom stereocenters. The minimum absolute atomic E-state index is 0.724. The van der Waals surface area contributed by atoms with Crippen LogP contribution in [0.3, 0.4) is 0 Å². The van der Waals surface area contributed by atoms with Gasteiger partial charge in [0.25, 0.3) is 0 Å². The molecule has 0 bridgehead atoms. The molecule has 0 saturated heterocycles. The maximum atomic E-state index is 5.39. The molecular weight excluding hydrogens is 246 g/mol. The van der Waals surface area contributed by atoms with Gasteiger partial charge in [-0.2, -0.15) is 0 Å². The lowest BCUT2D eigenvalue weighted by Crippen LogP contribution is -2.06. The van der Waals surface area contributed by atoms with Gasteiger partial charge in [-0.3, -0.25) is 0 Å². The van der Waals surface area contributed by atoms with Gasteiger partial charge in [0.15, 0.2) is 0 Å². The van der Waals surface area contributed by atoms with Gasteiger partial charge in [-0.05, 0) is 6.42 Å². The Kier molecular flexibility index (Phi) is 5.11. The molecule has 1 aromatic rings. The second-order valence-electron chi connectivity index (χ2n) is 3.09. The van der Waals surface area contributed by atoms with Gasteiger partial charge in [0, 0.05) is 20.1 Å². The molecule has 1 heterocycles. The van der Waals surface area contributed by atoms with Gasteiger partial charge in [-0.25, -0.2) is 0 Å². The van der Waals surface area contributed by atoms with E-state index in [9.17, 15) is 0 Å². The zero-order valence-corrected chi connectivity index (χ0v) is 10.2. The Hall–Kier alpha value is -0.420. The van der Waals surface area contributed by atoms with Gasteiger partial charge in [-0.15, -0.1) is 10.2 Å². The summed E-state index contributed by atoms with van der Waals surface area (Å²) in [5.74, 6) is 1.94. The van der Waals surface area contributed by atoms with Crippen molar-refractivity contribution in [3.05, 3.63) is 11.6 Å². The molecule has 80 valence electrons. The third-order valence-corrected chi connectivity index (χ3v) is 2.49. The quantitative estimate of drug-likeness (QED) is 0.578. The van der Waals surface area contributed by atoms with Crippen LogP contribution < -0.4 is 0 Å². The highest BCUT2D eigenvalue weighted by molar-refractivity contribution is 9.08. The summed E-state index contributed by atoms with van der Waals surface area (Å²) < 4.78 is 7.40. The van der Waals surface area contributed by atoms with E-state index in [4.69, 9.17) is 4.74 Å². The van der Waals surface area contributed by atoms with Crippen LogP contribution in [0.2, 0.25) is 0 Å². The van der Waals surface area contributed by atoms with Crippen LogP contribution in [0.5, 0.6) is 0 Å². The minimum Gasteiger partial charge on any atom is -0.381 e. The van der Waals surface area contributed by atoms with Crippen LogP contribution in [0, 0.1) is 0 Å². The molecule has 1 rings (SSSR count). The molecular formula is C9H16BrN3O.